The number of rotatable bonds is 4. The number of nitriles is 1. The van der Waals surface area contributed by atoms with E-state index in [4.69, 9.17) is 16.9 Å². The van der Waals surface area contributed by atoms with Crippen molar-refractivity contribution in [1.29, 1.82) is 5.26 Å². The molecule has 0 saturated heterocycles. The van der Waals surface area contributed by atoms with E-state index in [9.17, 15) is 0 Å². The molecule has 0 atom stereocenters. The van der Waals surface area contributed by atoms with Gasteiger partial charge >= 0.3 is 0 Å². The van der Waals surface area contributed by atoms with Crippen molar-refractivity contribution in [2.75, 3.05) is 0 Å². The molecule has 2 rings (SSSR count). The van der Waals surface area contributed by atoms with Gasteiger partial charge in [-0.15, -0.1) is 0 Å². The van der Waals surface area contributed by atoms with E-state index in [0.717, 1.165) is 22.6 Å². The summed E-state index contributed by atoms with van der Waals surface area (Å²) in [5, 5.41) is 9.57. The molecule has 1 nitrogen and oxygen atoms in total. The molecular formula is C17H16ClN. The number of aryl methyl sites for hydroxylation is 1. The molecule has 0 aliphatic carbocycles. The zero-order chi connectivity index (χ0) is 13.7. The molecule has 0 fully saturated rings. The molecule has 2 aromatic carbocycles. The number of unbranched alkanes of at least 4 members (excludes halogenated alkanes) is 1. The third-order valence-electron chi connectivity index (χ3n) is 3.17. The van der Waals surface area contributed by atoms with Crippen LogP contribution >= 0.6 is 11.6 Å². The maximum Gasteiger partial charge on any atom is 0.0991 e. The molecule has 0 unspecified atom stereocenters. The molecule has 0 spiro atoms. The number of benzene rings is 2. The summed E-state index contributed by atoms with van der Waals surface area (Å²) in [5.74, 6) is 0. The number of nitrogens with zero attached hydrogens (tertiary/aromatic N) is 1. The Balaban J connectivity index is 2.34. The van der Waals surface area contributed by atoms with Gasteiger partial charge in [-0.1, -0.05) is 43.1 Å². The molecule has 0 aliphatic heterocycles. The van der Waals surface area contributed by atoms with Gasteiger partial charge in [0, 0.05) is 10.6 Å². The first-order valence-electron chi connectivity index (χ1n) is 6.53. The second kappa shape index (κ2) is 6.41. The predicted molar refractivity (Wildman–Crippen MR) is 80.2 cm³/mol. The summed E-state index contributed by atoms with van der Waals surface area (Å²) in [4.78, 5) is 0. The van der Waals surface area contributed by atoms with Gasteiger partial charge in [0.15, 0.2) is 0 Å². The van der Waals surface area contributed by atoms with E-state index in [1.165, 1.54) is 18.4 Å². The van der Waals surface area contributed by atoms with E-state index in [-0.39, 0.29) is 0 Å². The molecule has 0 saturated carbocycles. The van der Waals surface area contributed by atoms with Crippen molar-refractivity contribution < 1.29 is 0 Å². The Kier molecular flexibility index (Phi) is 4.60. The molecule has 0 N–H and O–H groups in total. The minimum absolute atomic E-state index is 0.669. The topological polar surface area (TPSA) is 23.8 Å². The molecule has 96 valence electrons. The van der Waals surface area contributed by atoms with E-state index >= 15 is 0 Å². The van der Waals surface area contributed by atoms with Gasteiger partial charge in [-0.2, -0.15) is 5.26 Å². The Morgan fingerprint density at radius 2 is 1.84 bits per heavy atom. The molecule has 0 radical (unpaired) electrons. The van der Waals surface area contributed by atoms with Crippen LogP contribution in [-0.4, -0.2) is 0 Å². The van der Waals surface area contributed by atoms with Gasteiger partial charge in [-0.25, -0.2) is 0 Å². The van der Waals surface area contributed by atoms with Crippen molar-refractivity contribution in [3.63, 3.8) is 0 Å². The van der Waals surface area contributed by atoms with Crippen LogP contribution < -0.4 is 0 Å². The van der Waals surface area contributed by atoms with Crippen LogP contribution in [0.15, 0.2) is 42.5 Å². The summed E-state index contributed by atoms with van der Waals surface area (Å²) >= 11 is 6.27. The summed E-state index contributed by atoms with van der Waals surface area (Å²) in [6.07, 6.45) is 3.46. The molecule has 0 amide bonds. The third kappa shape index (κ3) is 3.36. The lowest BCUT2D eigenvalue weighted by Gasteiger charge is -2.08. The minimum Gasteiger partial charge on any atom is -0.192 e. The lowest BCUT2D eigenvalue weighted by molar-refractivity contribution is 0.795. The largest absolute Gasteiger partial charge is 0.192 e. The van der Waals surface area contributed by atoms with Gasteiger partial charge in [0.05, 0.1) is 11.6 Å². The van der Waals surface area contributed by atoms with Gasteiger partial charge in [0.1, 0.15) is 0 Å². The summed E-state index contributed by atoms with van der Waals surface area (Å²) in [7, 11) is 0. The van der Waals surface area contributed by atoms with Crippen molar-refractivity contribution in [2.24, 2.45) is 0 Å². The van der Waals surface area contributed by atoms with Crippen molar-refractivity contribution in [3.05, 3.63) is 58.6 Å². The standard InChI is InChI=1S/C17H16ClN/c1-2-3-4-13-7-10-17(18)16(11-13)15-8-5-14(12-19)6-9-15/h5-11H,2-4H2,1H3. The van der Waals surface area contributed by atoms with Crippen molar-refractivity contribution >= 4 is 11.6 Å². The average molecular weight is 270 g/mol. The molecular weight excluding hydrogens is 254 g/mol. The molecule has 2 heteroatoms. The van der Waals surface area contributed by atoms with Gasteiger partial charge in [0.25, 0.3) is 0 Å². The van der Waals surface area contributed by atoms with Crippen LogP contribution in [0.2, 0.25) is 5.02 Å². The second-order valence-electron chi connectivity index (χ2n) is 4.61. The van der Waals surface area contributed by atoms with Crippen LogP contribution in [0.5, 0.6) is 0 Å². The van der Waals surface area contributed by atoms with E-state index < -0.39 is 0 Å². The molecule has 0 aromatic heterocycles. The summed E-state index contributed by atoms with van der Waals surface area (Å²) < 4.78 is 0. The molecule has 0 aliphatic rings. The maximum absolute atomic E-state index is 8.82. The van der Waals surface area contributed by atoms with Crippen LogP contribution in [0, 0.1) is 11.3 Å². The zero-order valence-electron chi connectivity index (χ0n) is 11.0. The molecule has 19 heavy (non-hydrogen) atoms. The average Bonchev–Trinajstić information content (AvgIpc) is 2.46. The summed E-state index contributed by atoms with van der Waals surface area (Å²) in [5.41, 5.74) is 4.08. The normalized spacial score (nSPS) is 10.2. The van der Waals surface area contributed by atoms with Gasteiger partial charge in [-0.3, -0.25) is 0 Å². The Morgan fingerprint density at radius 1 is 1.11 bits per heavy atom. The third-order valence-corrected chi connectivity index (χ3v) is 3.50. The van der Waals surface area contributed by atoms with Crippen LogP contribution in [-0.2, 0) is 6.42 Å². The lowest BCUT2D eigenvalue weighted by Crippen LogP contribution is -1.87. The molecule has 2 aromatic rings. The quantitative estimate of drug-likeness (QED) is 0.746. The van der Waals surface area contributed by atoms with Crippen molar-refractivity contribution in [1.82, 2.24) is 0 Å². The first-order chi connectivity index (χ1) is 9.24. The number of hydrogen-bond donors (Lipinski definition) is 0. The van der Waals surface area contributed by atoms with Crippen LogP contribution in [0.4, 0.5) is 0 Å². The highest BCUT2D eigenvalue weighted by atomic mass is 35.5. The lowest BCUT2D eigenvalue weighted by atomic mass is 9.99. The Hall–Kier alpha value is -1.78. The predicted octanol–water partition coefficient (Wildman–Crippen LogP) is 5.22. The highest BCUT2D eigenvalue weighted by Crippen LogP contribution is 2.29. The van der Waals surface area contributed by atoms with E-state index in [1.54, 1.807) is 0 Å². The number of halogens is 1. The fourth-order valence-electron chi connectivity index (χ4n) is 2.05. The van der Waals surface area contributed by atoms with Crippen LogP contribution in [0.1, 0.15) is 30.9 Å². The van der Waals surface area contributed by atoms with Gasteiger partial charge in [-0.05, 0) is 48.2 Å². The molecule has 0 bridgehead atoms. The summed E-state index contributed by atoms with van der Waals surface area (Å²) in [6.45, 7) is 2.19. The summed E-state index contributed by atoms with van der Waals surface area (Å²) in [6, 6.07) is 15.9. The first-order valence-corrected chi connectivity index (χ1v) is 6.91. The minimum atomic E-state index is 0.669. The number of hydrogen-bond acceptors (Lipinski definition) is 1. The Labute approximate surface area is 119 Å². The van der Waals surface area contributed by atoms with E-state index in [1.807, 2.05) is 30.3 Å². The van der Waals surface area contributed by atoms with Gasteiger partial charge in [0.2, 0.25) is 0 Å². The van der Waals surface area contributed by atoms with Crippen molar-refractivity contribution in [3.8, 4) is 17.2 Å². The molecule has 0 heterocycles. The second-order valence-corrected chi connectivity index (χ2v) is 5.01. The Bertz CT molecular complexity index is 594. The fraction of sp³-hybridized carbons (Fsp3) is 0.235. The monoisotopic (exact) mass is 269 g/mol. The van der Waals surface area contributed by atoms with Crippen LogP contribution in [0.3, 0.4) is 0 Å². The zero-order valence-corrected chi connectivity index (χ0v) is 11.7. The maximum atomic E-state index is 8.82. The first kappa shape index (κ1) is 13.6. The highest BCUT2D eigenvalue weighted by molar-refractivity contribution is 6.33. The van der Waals surface area contributed by atoms with Crippen LogP contribution in [0.25, 0.3) is 11.1 Å². The van der Waals surface area contributed by atoms with E-state index in [0.29, 0.717) is 5.56 Å². The smallest absolute Gasteiger partial charge is 0.0991 e. The van der Waals surface area contributed by atoms with Crippen molar-refractivity contribution in [2.45, 2.75) is 26.2 Å². The SMILES string of the molecule is CCCCc1ccc(Cl)c(-c2ccc(C#N)cc2)c1. The Morgan fingerprint density at radius 3 is 2.47 bits per heavy atom. The van der Waals surface area contributed by atoms with E-state index in [2.05, 4.69) is 25.1 Å². The fourth-order valence-corrected chi connectivity index (χ4v) is 2.28. The van der Waals surface area contributed by atoms with Gasteiger partial charge < -0.3 is 0 Å². The highest BCUT2D eigenvalue weighted by Gasteiger charge is 2.05.